The average Bonchev–Trinajstić information content (AvgIpc) is 1.91. The minimum atomic E-state index is -0.600. The van der Waals surface area contributed by atoms with Gasteiger partial charge in [0, 0.05) is 6.61 Å². The van der Waals surface area contributed by atoms with E-state index in [-0.39, 0.29) is 0 Å². The van der Waals surface area contributed by atoms with E-state index in [0.29, 0.717) is 25.0 Å². The summed E-state index contributed by atoms with van der Waals surface area (Å²) in [7, 11) is 0. The van der Waals surface area contributed by atoms with Gasteiger partial charge in [-0.25, -0.2) is 0 Å². The lowest BCUT2D eigenvalue weighted by Crippen LogP contribution is -2.36. The lowest BCUT2D eigenvalue weighted by molar-refractivity contribution is -0.0504. The molecule has 3 nitrogen and oxygen atoms in total. The standard InChI is InChI=1S/C10H21NO2/c1-10(2,12)3-4-13-9-5-8(6-9)7-11/h8-9,12H,3-7,11H2,1-2H3. The van der Waals surface area contributed by atoms with Crippen molar-refractivity contribution in [1.82, 2.24) is 0 Å². The number of hydrogen-bond acceptors (Lipinski definition) is 3. The summed E-state index contributed by atoms with van der Waals surface area (Å²) in [6.07, 6.45) is 3.30. The van der Waals surface area contributed by atoms with E-state index in [4.69, 9.17) is 10.5 Å². The molecule has 3 N–H and O–H groups in total. The van der Waals surface area contributed by atoms with Gasteiger partial charge >= 0.3 is 0 Å². The maximum atomic E-state index is 9.42. The van der Waals surface area contributed by atoms with Gasteiger partial charge in [-0.05, 0) is 45.6 Å². The number of hydrogen-bond donors (Lipinski definition) is 2. The fraction of sp³-hybridized carbons (Fsp3) is 1.00. The summed E-state index contributed by atoms with van der Waals surface area (Å²) in [5.41, 5.74) is 4.90. The summed E-state index contributed by atoms with van der Waals surface area (Å²) in [5.74, 6) is 0.673. The molecule has 1 aliphatic carbocycles. The van der Waals surface area contributed by atoms with Crippen LogP contribution in [0.25, 0.3) is 0 Å². The molecule has 1 rings (SSSR count). The summed E-state index contributed by atoms with van der Waals surface area (Å²) >= 11 is 0. The Morgan fingerprint density at radius 2 is 2.08 bits per heavy atom. The van der Waals surface area contributed by atoms with Crippen molar-refractivity contribution in [2.75, 3.05) is 13.2 Å². The third kappa shape index (κ3) is 4.07. The van der Waals surface area contributed by atoms with Gasteiger partial charge in [0.05, 0.1) is 11.7 Å². The molecular weight excluding hydrogens is 166 g/mol. The monoisotopic (exact) mass is 187 g/mol. The summed E-state index contributed by atoms with van der Waals surface area (Å²) in [6.45, 7) is 5.05. The van der Waals surface area contributed by atoms with E-state index in [1.807, 2.05) is 0 Å². The highest BCUT2D eigenvalue weighted by Crippen LogP contribution is 2.29. The van der Waals surface area contributed by atoms with Gasteiger partial charge in [-0.3, -0.25) is 0 Å². The maximum Gasteiger partial charge on any atom is 0.0613 e. The van der Waals surface area contributed by atoms with Crippen LogP contribution in [0.3, 0.4) is 0 Å². The Labute approximate surface area is 80.3 Å². The molecule has 1 saturated carbocycles. The highest BCUT2D eigenvalue weighted by Gasteiger charge is 2.28. The minimum absolute atomic E-state index is 0.399. The van der Waals surface area contributed by atoms with Crippen molar-refractivity contribution in [2.24, 2.45) is 11.7 Å². The summed E-state index contributed by atoms with van der Waals surface area (Å²) in [6, 6.07) is 0. The van der Waals surface area contributed by atoms with Crippen LogP contribution in [0.5, 0.6) is 0 Å². The van der Waals surface area contributed by atoms with Crippen LogP contribution in [0.4, 0.5) is 0 Å². The van der Waals surface area contributed by atoms with E-state index in [2.05, 4.69) is 0 Å². The van der Waals surface area contributed by atoms with Crippen molar-refractivity contribution in [1.29, 1.82) is 0 Å². The minimum Gasteiger partial charge on any atom is -0.390 e. The second kappa shape index (κ2) is 4.40. The third-order valence-electron chi connectivity index (χ3n) is 2.59. The molecule has 0 spiro atoms. The van der Waals surface area contributed by atoms with Gasteiger partial charge in [0.1, 0.15) is 0 Å². The molecule has 0 aromatic rings. The molecule has 0 saturated heterocycles. The van der Waals surface area contributed by atoms with E-state index in [1.54, 1.807) is 13.8 Å². The van der Waals surface area contributed by atoms with Crippen molar-refractivity contribution in [2.45, 2.75) is 44.8 Å². The van der Waals surface area contributed by atoms with Crippen LogP contribution >= 0.6 is 0 Å². The first-order valence-electron chi connectivity index (χ1n) is 5.05. The molecule has 1 aliphatic rings. The van der Waals surface area contributed by atoms with Crippen LogP contribution in [-0.4, -0.2) is 30.0 Å². The van der Waals surface area contributed by atoms with Gasteiger partial charge in [-0.1, -0.05) is 0 Å². The predicted octanol–water partition coefficient (Wildman–Crippen LogP) is 0.901. The van der Waals surface area contributed by atoms with Crippen molar-refractivity contribution >= 4 is 0 Å². The first kappa shape index (κ1) is 11.0. The third-order valence-corrected chi connectivity index (χ3v) is 2.59. The van der Waals surface area contributed by atoms with Gasteiger partial charge in [0.25, 0.3) is 0 Å². The maximum absolute atomic E-state index is 9.42. The molecule has 13 heavy (non-hydrogen) atoms. The lowest BCUT2D eigenvalue weighted by atomic mass is 9.82. The van der Waals surface area contributed by atoms with Crippen LogP contribution in [0.2, 0.25) is 0 Å². The summed E-state index contributed by atoms with van der Waals surface area (Å²) < 4.78 is 5.57. The Kier molecular flexibility index (Phi) is 3.71. The molecule has 78 valence electrons. The first-order chi connectivity index (χ1) is 6.01. The number of aliphatic hydroxyl groups is 1. The zero-order chi connectivity index (χ0) is 9.90. The molecule has 3 heteroatoms. The molecule has 0 atom stereocenters. The van der Waals surface area contributed by atoms with E-state index in [0.717, 1.165) is 19.4 Å². The van der Waals surface area contributed by atoms with Crippen molar-refractivity contribution < 1.29 is 9.84 Å². The number of ether oxygens (including phenoxy) is 1. The zero-order valence-corrected chi connectivity index (χ0v) is 8.62. The highest BCUT2D eigenvalue weighted by atomic mass is 16.5. The molecule has 1 fully saturated rings. The van der Waals surface area contributed by atoms with Gasteiger partial charge in [-0.15, -0.1) is 0 Å². The lowest BCUT2D eigenvalue weighted by Gasteiger charge is -2.34. The van der Waals surface area contributed by atoms with Crippen LogP contribution < -0.4 is 5.73 Å². The Balaban J connectivity index is 1.97. The van der Waals surface area contributed by atoms with E-state index < -0.39 is 5.60 Å². The van der Waals surface area contributed by atoms with Crippen LogP contribution in [-0.2, 0) is 4.74 Å². The Morgan fingerprint density at radius 1 is 1.46 bits per heavy atom. The topological polar surface area (TPSA) is 55.5 Å². The van der Waals surface area contributed by atoms with Crippen LogP contribution in [0.15, 0.2) is 0 Å². The van der Waals surface area contributed by atoms with Crippen molar-refractivity contribution in [3.8, 4) is 0 Å². The normalized spacial score (nSPS) is 28.6. The fourth-order valence-corrected chi connectivity index (χ4v) is 1.48. The molecule has 0 bridgehead atoms. The molecule has 0 amide bonds. The molecule has 0 aliphatic heterocycles. The molecule has 0 radical (unpaired) electrons. The first-order valence-corrected chi connectivity index (χ1v) is 5.05. The van der Waals surface area contributed by atoms with E-state index in [1.165, 1.54) is 0 Å². The largest absolute Gasteiger partial charge is 0.390 e. The van der Waals surface area contributed by atoms with Gasteiger partial charge in [0.2, 0.25) is 0 Å². The van der Waals surface area contributed by atoms with Gasteiger partial charge in [-0.2, -0.15) is 0 Å². The second-order valence-corrected chi connectivity index (χ2v) is 4.63. The molecular formula is C10H21NO2. The van der Waals surface area contributed by atoms with Gasteiger partial charge < -0.3 is 15.6 Å². The molecule has 0 unspecified atom stereocenters. The Hall–Kier alpha value is -0.120. The van der Waals surface area contributed by atoms with Crippen molar-refractivity contribution in [3.05, 3.63) is 0 Å². The average molecular weight is 187 g/mol. The predicted molar refractivity (Wildman–Crippen MR) is 52.4 cm³/mol. The fourth-order valence-electron chi connectivity index (χ4n) is 1.48. The Bertz CT molecular complexity index is 147. The number of nitrogens with two attached hydrogens (primary N) is 1. The van der Waals surface area contributed by atoms with Crippen LogP contribution in [0.1, 0.15) is 33.1 Å². The van der Waals surface area contributed by atoms with Crippen molar-refractivity contribution in [3.63, 3.8) is 0 Å². The number of rotatable bonds is 5. The van der Waals surface area contributed by atoms with E-state index in [9.17, 15) is 5.11 Å². The van der Waals surface area contributed by atoms with Crippen LogP contribution in [0, 0.1) is 5.92 Å². The summed E-state index contributed by atoms with van der Waals surface area (Å²) in [4.78, 5) is 0. The highest BCUT2D eigenvalue weighted by molar-refractivity contribution is 4.80. The summed E-state index contributed by atoms with van der Waals surface area (Å²) in [5, 5.41) is 9.42. The van der Waals surface area contributed by atoms with Gasteiger partial charge in [0.15, 0.2) is 0 Å². The second-order valence-electron chi connectivity index (χ2n) is 4.63. The molecule has 0 aromatic heterocycles. The smallest absolute Gasteiger partial charge is 0.0613 e. The zero-order valence-electron chi connectivity index (χ0n) is 8.62. The molecule has 0 aromatic carbocycles. The van der Waals surface area contributed by atoms with E-state index >= 15 is 0 Å². The SMILES string of the molecule is CC(C)(O)CCOC1CC(CN)C1. The Morgan fingerprint density at radius 3 is 2.54 bits per heavy atom. The molecule has 0 heterocycles. The quantitative estimate of drug-likeness (QED) is 0.672.